The smallest absolute Gasteiger partial charge is 0.507 e. The largest absolute Gasteiger partial charge is 0.516 e. The molecule has 246 valence electrons. The lowest BCUT2D eigenvalue weighted by atomic mass is 9.98. The molecule has 2 aliphatic rings. The van der Waals surface area contributed by atoms with E-state index >= 15 is 0 Å². The van der Waals surface area contributed by atoms with E-state index in [1.54, 1.807) is 12.1 Å². The summed E-state index contributed by atoms with van der Waals surface area (Å²) in [6, 6.07) is 36.3. The number of carbonyl (C=O) groups excluding carboxylic acids is 3. The van der Waals surface area contributed by atoms with Gasteiger partial charge in [-0.3, -0.25) is 4.90 Å². The van der Waals surface area contributed by atoms with Crippen molar-refractivity contribution in [1.82, 2.24) is 4.90 Å². The number of benzene rings is 5. The second-order valence-electron chi connectivity index (χ2n) is 11.9. The number of fused-ring (bicyclic) bond motifs is 6. The molecule has 1 amide bonds. The van der Waals surface area contributed by atoms with Gasteiger partial charge in [0.25, 0.3) is 0 Å². The highest BCUT2D eigenvalue weighted by Gasteiger charge is 2.32. The van der Waals surface area contributed by atoms with Crippen LogP contribution in [0.4, 0.5) is 9.59 Å². The summed E-state index contributed by atoms with van der Waals surface area (Å²) in [6.45, 7) is -0.853. The van der Waals surface area contributed by atoms with Gasteiger partial charge in [-0.05, 0) is 56.6 Å². The van der Waals surface area contributed by atoms with Crippen LogP contribution in [0.5, 0.6) is 11.5 Å². The van der Waals surface area contributed by atoms with E-state index in [1.807, 2.05) is 97.1 Å². The van der Waals surface area contributed by atoms with E-state index < -0.39 is 24.8 Å². The Morgan fingerprint density at radius 3 is 1.59 bits per heavy atom. The van der Waals surface area contributed by atoms with Crippen molar-refractivity contribution in [3.63, 3.8) is 0 Å². The highest BCUT2D eigenvalue weighted by atomic mass is 16.7. The summed E-state index contributed by atoms with van der Waals surface area (Å²) in [6.07, 6.45) is -1.99. The van der Waals surface area contributed by atoms with Crippen molar-refractivity contribution in [2.24, 2.45) is 0 Å². The van der Waals surface area contributed by atoms with Crippen LogP contribution in [-0.2, 0) is 25.5 Å². The van der Waals surface area contributed by atoms with Crippen LogP contribution in [0.1, 0.15) is 39.7 Å². The monoisotopic (exact) mass is 655 g/mol. The van der Waals surface area contributed by atoms with Crippen LogP contribution in [0.2, 0.25) is 0 Å². The zero-order chi connectivity index (χ0) is 33.9. The van der Waals surface area contributed by atoms with Gasteiger partial charge in [-0.1, -0.05) is 97.1 Å². The van der Waals surface area contributed by atoms with Crippen LogP contribution >= 0.6 is 0 Å². The van der Waals surface area contributed by atoms with Crippen molar-refractivity contribution < 1.29 is 38.4 Å². The van der Waals surface area contributed by atoms with Crippen LogP contribution < -0.4 is 4.74 Å². The Hall–Kier alpha value is -6.09. The van der Waals surface area contributed by atoms with Crippen LogP contribution in [-0.4, -0.2) is 55.1 Å². The third-order valence-corrected chi connectivity index (χ3v) is 9.10. The first kappa shape index (κ1) is 31.5. The fourth-order valence-corrected chi connectivity index (χ4v) is 6.78. The number of ether oxygens (including phenoxy) is 4. The molecule has 0 saturated heterocycles. The van der Waals surface area contributed by atoms with Crippen LogP contribution in [0, 0.1) is 0 Å². The summed E-state index contributed by atoms with van der Waals surface area (Å²) in [5.41, 5.74) is 8.72. The predicted molar refractivity (Wildman–Crippen MR) is 181 cm³/mol. The second-order valence-corrected chi connectivity index (χ2v) is 11.9. The number of aromatic hydroxyl groups is 1. The van der Waals surface area contributed by atoms with Crippen molar-refractivity contribution in [3.05, 3.63) is 143 Å². The summed E-state index contributed by atoms with van der Waals surface area (Å²) in [4.78, 5) is 40.5. The van der Waals surface area contributed by atoms with Crippen LogP contribution in [0.15, 0.2) is 115 Å². The molecule has 1 N–H and O–H groups in total. The molecule has 0 saturated carbocycles. The molecule has 9 heteroatoms. The first-order valence-corrected chi connectivity index (χ1v) is 15.9. The number of phenols is 1. The van der Waals surface area contributed by atoms with E-state index in [0.29, 0.717) is 11.3 Å². The minimum absolute atomic E-state index is 0.0133. The molecule has 7 rings (SSSR count). The molecule has 0 spiro atoms. The predicted octanol–water partition coefficient (Wildman–Crippen LogP) is 7.64. The number of hydrogen-bond donors (Lipinski definition) is 1. The van der Waals surface area contributed by atoms with Gasteiger partial charge in [-0.2, -0.15) is 0 Å². The third kappa shape index (κ3) is 6.30. The number of amides is 1. The molecular formula is C40H33NO8. The van der Waals surface area contributed by atoms with Crippen LogP contribution in [0.3, 0.4) is 0 Å². The Kier molecular flexibility index (Phi) is 8.72. The van der Waals surface area contributed by atoms with E-state index in [1.165, 1.54) is 13.2 Å². The number of carbonyl (C=O) groups is 3. The van der Waals surface area contributed by atoms with E-state index in [-0.39, 0.29) is 37.3 Å². The Balaban J connectivity index is 1.03. The molecule has 5 aromatic rings. The van der Waals surface area contributed by atoms with Gasteiger partial charge < -0.3 is 24.1 Å². The van der Waals surface area contributed by atoms with Gasteiger partial charge in [-0.15, -0.1) is 0 Å². The quantitative estimate of drug-likeness (QED) is 0.127. The molecule has 0 heterocycles. The van der Waals surface area contributed by atoms with Gasteiger partial charge in [0.1, 0.15) is 31.3 Å². The third-order valence-electron chi connectivity index (χ3n) is 9.10. The maximum Gasteiger partial charge on any atom is 0.516 e. The number of hydrogen-bond acceptors (Lipinski definition) is 8. The minimum atomic E-state index is -1.17. The summed E-state index contributed by atoms with van der Waals surface area (Å²) in [7, 11) is 1.47. The summed E-state index contributed by atoms with van der Waals surface area (Å²) >= 11 is 0. The van der Waals surface area contributed by atoms with Gasteiger partial charge in [0.05, 0.1) is 13.7 Å². The van der Waals surface area contributed by atoms with Gasteiger partial charge in [0, 0.05) is 23.5 Å². The van der Waals surface area contributed by atoms with Crippen molar-refractivity contribution in [1.29, 1.82) is 0 Å². The lowest BCUT2D eigenvalue weighted by molar-refractivity contribution is -0.141. The molecule has 0 bridgehead atoms. The fraction of sp³-hybridized carbons (Fsp3) is 0.175. The Bertz CT molecular complexity index is 1970. The summed E-state index contributed by atoms with van der Waals surface area (Å²) < 4.78 is 21.4. The topological polar surface area (TPSA) is 112 Å². The highest BCUT2D eigenvalue weighted by Crippen LogP contribution is 2.45. The standard InChI is InChI=1S/C40H33NO8/c1-46-26-19-18-25(37(42)20-26)21-41(39(44)47-23-35-31-14-6-2-10-27(31)28-11-3-7-15-32(28)35)22-38(43)49-40(45)48-24-36-33-16-8-4-12-29(33)30-13-5-9-17-34(30)36/h2-20,35-36,42H,21-24H2,1H3. The van der Waals surface area contributed by atoms with Crippen molar-refractivity contribution in [2.75, 3.05) is 26.9 Å². The molecule has 0 radical (unpaired) electrons. The van der Waals surface area contributed by atoms with Crippen molar-refractivity contribution in [3.8, 4) is 33.8 Å². The SMILES string of the molecule is COc1ccc(CN(CC(=O)OC(=O)OCC2c3ccccc3-c3ccccc32)C(=O)OCC2c3ccccc3-c3ccccc32)c(O)c1. The molecule has 0 aromatic heterocycles. The van der Waals surface area contributed by atoms with Crippen molar-refractivity contribution >= 4 is 18.2 Å². The molecule has 9 nitrogen and oxygen atoms in total. The number of methoxy groups -OCH3 is 1. The molecule has 5 aromatic carbocycles. The Morgan fingerprint density at radius 1 is 0.653 bits per heavy atom. The Morgan fingerprint density at radius 2 is 1.12 bits per heavy atom. The number of rotatable bonds is 9. The zero-order valence-corrected chi connectivity index (χ0v) is 26.7. The van der Waals surface area contributed by atoms with E-state index in [4.69, 9.17) is 18.9 Å². The van der Waals surface area contributed by atoms with E-state index in [2.05, 4.69) is 0 Å². The molecule has 2 aliphatic carbocycles. The maximum atomic E-state index is 13.6. The molecular weight excluding hydrogens is 622 g/mol. The average Bonchev–Trinajstić information content (AvgIpc) is 3.62. The summed E-state index contributed by atoms with van der Waals surface area (Å²) in [5, 5.41) is 10.6. The van der Waals surface area contributed by atoms with Gasteiger partial charge in [0.15, 0.2) is 0 Å². The number of esters is 1. The molecule has 0 aliphatic heterocycles. The fourth-order valence-electron chi connectivity index (χ4n) is 6.78. The first-order chi connectivity index (χ1) is 23.9. The first-order valence-electron chi connectivity index (χ1n) is 15.9. The minimum Gasteiger partial charge on any atom is -0.507 e. The van der Waals surface area contributed by atoms with Gasteiger partial charge in [0.2, 0.25) is 0 Å². The normalized spacial score (nSPS) is 12.7. The van der Waals surface area contributed by atoms with Gasteiger partial charge in [-0.25, -0.2) is 14.4 Å². The van der Waals surface area contributed by atoms with E-state index in [9.17, 15) is 19.5 Å². The maximum absolute atomic E-state index is 13.6. The van der Waals surface area contributed by atoms with E-state index in [0.717, 1.165) is 49.4 Å². The molecule has 49 heavy (non-hydrogen) atoms. The van der Waals surface area contributed by atoms with Crippen LogP contribution in [0.25, 0.3) is 22.3 Å². The highest BCUT2D eigenvalue weighted by molar-refractivity contribution is 5.86. The zero-order valence-electron chi connectivity index (χ0n) is 26.7. The molecule has 0 unspecified atom stereocenters. The Labute approximate surface area is 283 Å². The summed E-state index contributed by atoms with van der Waals surface area (Å²) in [5.74, 6) is -1.16. The molecule has 0 fully saturated rings. The lowest BCUT2D eigenvalue weighted by Crippen LogP contribution is -2.37. The number of nitrogens with zero attached hydrogens (tertiary/aromatic N) is 1. The number of phenolic OH excluding ortho intramolecular Hbond substituents is 1. The van der Waals surface area contributed by atoms with Crippen molar-refractivity contribution in [2.45, 2.75) is 18.4 Å². The second kappa shape index (κ2) is 13.6. The lowest BCUT2D eigenvalue weighted by Gasteiger charge is -2.23. The average molecular weight is 656 g/mol. The molecule has 0 atom stereocenters. The van der Waals surface area contributed by atoms with Gasteiger partial charge >= 0.3 is 18.2 Å².